The number of ether oxygens (including phenoxy) is 2. The molecule has 0 amide bonds. The summed E-state index contributed by atoms with van der Waals surface area (Å²) in [5.41, 5.74) is 4.59. The number of rotatable bonds is 9. The zero-order valence-electron chi connectivity index (χ0n) is 23.6. The number of methoxy groups -OCH3 is 1. The summed E-state index contributed by atoms with van der Waals surface area (Å²) >= 11 is 0. The monoisotopic (exact) mass is 505 g/mol. The first-order valence-corrected chi connectivity index (χ1v) is 14.7. The van der Waals surface area contributed by atoms with Crippen molar-refractivity contribution in [2.24, 2.45) is 29.1 Å². The van der Waals surface area contributed by atoms with Gasteiger partial charge < -0.3 is 14.6 Å². The highest BCUT2D eigenvalue weighted by molar-refractivity contribution is 5.43. The SMILES string of the molecule is CCN(CC)Cc1ccc(OCC[C@H]2CCC3C4C(C)Cc5cc(O)ccc5[C@H]4CC[C@@]32C)c(OC)c1. The van der Waals surface area contributed by atoms with Gasteiger partial charge in [-0.15, -0.1) is 0 Å². The highest BCUT2D eigenvalue weighted by Gasteiger charge is 2.55. The average molecular weight is 506 g/mol. The van der Waals surface area contributed by atoms with Crippen LogP contribution in [-0.2, 0) is 13.0 Å². The number of phenolic OH excluding ortho intramolecular Hbond substituents is 1. The maximum absolute atomic E-state index is 10.0. The van der Waals surface area contributed by atoms with Gasteiger partial charge in [0.25, 0.3) is 0 Å². The molecule has 2 aromatic rings. The van der Waals surface area contributed by atoms with E-state index in [9.17, 15) is 5.11 Å². The Bertz CT molecular complexity index is 1080. The fourth-order valence-electron chi connectivity index (χ4n) is 8.49. The fourth-order valence-corrected chi connectivity index (χ4v) is 8.49. The van der Waals surface area contributed by atoms with Crippen molar-refractivity contribution in [2.75, 3.05) is 26.8 Å². The van der Waals surface area contributed by atoms with Crippen LogP contribution in [0.4, 0.5) is 0 Å². The van der Waals surface area contributed by atoms with Gasteiger partial charge in [0.15, 0.2) is 11.5 Å². The molecule has 3 aliphatic carbocycles. The van der Waals surface area contributed by atoms with Gasteiger partial charge in [0.1, 0.15) is 5.75 Å². The predicted molar refractivity (Wildman–Crippen MR) is 150 cm³/mol. The summed E-state index contributed by atoms with van der Waals surface area (Å²) in [5.74, 6) is 5.75. The summed E-state index contributed by atoms with van der Waals surface area (Å²) in [6.07, 6.45) is 7.48. The second kappa shape index (κ2) is 10.9. The number of hydrogen-bond acceptors (Lipinski definition) is 4. The van der Waals surface area contributed by atoms with Crippen LogP contribution in [0.1, 0.15) is 82.4 Å². The van der Waals surface area contributed by atoms with Crippen molar-refractivity contribution in [3.8, 4) is 17.2 Å². The van der Waals surface area contributed by atoms with E-state index in [-0.39, 0.29) is 0 Å². The zero-order chi connectivity index (χ0) is 26.2. The summed E-state index contributed by atoms with van der Waals surface area (Å²) in [6.45, 7) is 13.3. The third kappa shape index (κ3) is 4.99. The lowest BCUT2D eigenvalue weighted by Crippen LogP contribution is -2.45. The van der Waals surface area contributed by atoms with E-state index in [1.54, 1.807) is 7.11 Å². The van der Waals surface area contributed by atoms with Gasteiger partial charge in [-0.2, -0.15) is 0 Å². The summed E-state index contributed by atoms with van der Waals surface area (Å²) in [6, 6.07) is 12.6. The molecule has 3 aliphatic rings. The molecule has 2 saturated carbocycles. The minimum Gasteiger partial charge on any atom is -0.508 e. The van der Waals surface area contributed by atoms with E-state index in [2.05, 4.69) is 56.9 Å². The Labute approximate surface area is 224 Å². The molecule has 0 radical (unpaired) electrons. The van der Waals surface area contributed by atoms with Gasteiger partial charge in [0.2, 0.25) is 0 Å². The molecule has 37 heavy (non-hydrogen) atoms. The van der Waals surface area contributed by atoms with Crippen molar-refractivity contribution in [1.82, 2.24) is 4.90 Å². The molecule has 4 heteroatoms. The topological polar surface area (TPSA) is 41.9 Å². The van der Waals surface area contributed by atoms with Crippen LogP contribution in [0.25, 0.3) is 0 Å². The van der Waals surface area contributed by atoms with Gasteiger partial charge in [-0.1, -0.05) is 39.8 Å². The normalized spacial score (nSPS) is 30.5. The van der Waals surface area contributed by atoms with E-state index in [4.69, 9.17) is 9.47 Å². The quantitative estimate of drug-likeness (QED) is 0.385. The summed E-state index contributed by atoms with van der Waals surface area (Å²) in [4.78, 5) is 2.41. The van der Waals surface area contributed by atoms with E-state index in [1.807, 2.05) is 12.1 Å². The number of benzene rings is 2. The Morgan fingerprint density at radius 1 is 1.03 bits per heavy atom. The van der Waals surface area contributed by atoms with Crippen LogP contribution in [0, 0.1) is 29.1 Å². The highest BCUT2D eigenvalue weighted by atomic mass is 16.5. The first-order chi connectivity index (χ1) is 17.9. The molecule has 2 aromatic carbocycles. The molecule has 3 unspecified atom stereocenters. The van der Waals surface area contributed by atoms with E-state index < -0.39 is 0 Å². The Morgan fingerprint density at radius 2 is 1.84 bits per heavy atom. The lowest BCUT2D eigenvalue weighted by atomic mass is 9.51. The summed E-state index contributed by atoms with van der Waals surface area (Å²) in [5, 5.41) is 10.0. The van der Waals surface area contributed by atoms with Crippen molar-refractivity contribution < 1.29 is 14.6 Å². The molecule has 0 aliphatic heterocycles. The number of nitrogens with zero attached hydrogens (tertiary/aromatic N) is 1. The number of hydrogen-bond donors (Lipinski definition) is 1. The van der Waals surface area contributed by atoms with Crippen LogP contribution in [0.15, 0.2) is 36.4 Å². The van der Waals surface area contributed by atoms with E-state index in [1.165, 1.54) is 42.4 Å². The van der Waals surface area contributed by atoms with Gasteiger partial charge in [0.05, 0.1) is 13.7 Å². The molecule has 0 bridgehead atoms. The Balaban J connectivity index is 1.23. The molecule has 0 heterocycles. The maximum atomic E-state index is 10.0. The minimum atomic E-state index is 0.408. The Hall–Kier alpha value is -2.20. The van der Waals surface area contributed by atoms with Crippen molar-refractivity contribution in [2.45, 2.75) is 78.7 Å². The van der Waals surface area contributed by atoms with Crippen molar-refractivity contribution in [1.29, 1.82) is 0 Å². The van der Waals surface area contributed by atoms with Gasteiger partial charge >= 0.3 is 0 Å². The third-order valence-electron chi connectivity index (χ3n) is 10.5. The van der Waals surface area contributed by atoms with Gasteiger partial charge in [0, 0.05) is 6.54 Å². The highest BCUT2D eigenvalue weighted by Crippen LogP contribution is 2.64. The largest absolute Gasteiger partial charge is 0.508 e. The fraction of sp³-hybridized carbons (Fsp3) is 0.636. The van der Waals surface area contributed by atoms with E-state index in [0.29, 0.717) is 23.0 Å². The minimum absolute atomic E-state index is 0.408. The second-order valence-corrected chi connectivity index (χ2v) is 12.3. The van der Waals surface area contributed by atoms with Crippen LogP contribution in [0.5, 0.6) is 17.2 Å². The van der Waals surface area contributed by atoms with Crippen molar-refractivity contribution in [3.05, 3.63) is 53.1 Å². The van der Waals surface area contributed by atoms with Gasteiger partial charge in [-0.05, 0) is 128 Å². The van der Waals surface area contributed by atoms with Crippen LogP contribution < -0.4 is 9.47 Å². The molecular formula is C33H47NO3. The summed E-state index contributed by atoms with van der Waals surface area (Å²) in [7, 11) is 1.75. The van der Waals surface area contributed by atoms with Crippen LogP contribution in [-0.4, -0.2) is 36.8 Å². The Morgan fingerprint density at radius 3 is 2.59 bits per heavy atom. The van der Waals surface area contributed by atoms with Crippen LogP contribution >= 0.6 is 0 Å². The third-order valence-corrected chi connectivity index (χ3v) is 10.5. The lowest BCUT2D eigenvalue weighted by molar-refractivity contribution is 0.000862. The molecule has 0 saturated heterocycles. The number of aromatic hydroxyl groups is 1. The molecule has 0 spiro atoms. The van der Waals surface area contributed by atoms with Crippen molar-refractivity contribution in [3.63, 3.8) is 0 Å². The van der Waals surface area contributed by atoms with Crippen molar-refractivity contribution >= 4 is 0 Å². The first-order valence-electron chi connectivity index (χ1n) is 14.7. The molecule has 0 aromatic heterocycles. The Kier molecular flexibility index (Phi) is 7.77. The van der Waals surface area contributed by atoms with E-state index in [0.717, 1.165) is 68.3 Å². The summed E-state index contributed by atoms with van der Waals surface area (Å²) < 4.78 is 12.1. The standard InChI is InChI=1S/C33H47NO3/c1-6-34(7-2)21-23-8-13-30(31(19-23)36-5)37-17-15-25-9-12-29-32-22(3)18-24-20-26(35)10-11-27(24)28(32)14-16-33(25,29)4/h8,10-11,13,19-20,22,25,28-29,32,35H,6-7,9,12,14-18,21H2,1-5H3/t22?,25-,28-,29?,32?,33-/m1/s1. The van der Waals surface area contributed by atoms with Gasteiger partial charge in [-0.3, -0.25) is 4.90 Å². The molecule has 5 rings (SSSR count). The number of fused-ring (bicyclic) bond motifs is 5. The van der Waals surface area contributed by atoms with E-state index >= 15 is 0 Å². The molecule has 202 valence electrons. The first kappa shape index (κ1) is 26.4. The molecular weight excluding hydrogens is 458 g/mol. The predicted octanol–water partition coefficient (Wildman–Crippen LogP) is 7.43. The maximum Gasteiger partial charge on any atom is 0.161 e. The molecule has 4 nitrogen and oxygen atoms in total. The van der Waals surface area contributed by atoms with Gasteiger partial charge in [-0.25, -0.2) is 0 Å². The number of phenols is 1. The average Bonchev–Trinajstić information content (AvgIpc) is 3.23. The second-order valence-electron chi connectivity index (χ2n) is 12.3. The molecule has 1 N–H and O–H groups in total. The van der Waals surface area contributed by atoms with Crippen LogP contribution in [0.2, 0.25) is 0 Å². The smallest absolute Gasteiger partial charge is 0.161 e. The molecule has 2 fully saturated rings. The lowest BCUT2D eigenvalue weighted by Gasteiger charge is -2.53. The molecule has 6 atom stereocenters. The van der Waals surface area contributed by atoms with Crippen LogP contribution in [0.3, 0.4) is 0 Å². The zero-order valence-corrected chi connectivity index (χ0v) is 23.6.